The molecule has 3 aromatic rings. The Labute approximate surface area is 255 Å². The number of esters is 1. The number of anilines is 1. The normalized spacial score (nSPS) is 15.5. The number of nitrogens with one attached hydrogen (secondary N) is 2. The highest BCUT2D eigenvalue weighted by molar-refractivity contribution is 6.32. The number of halogens is 2. The van der Waals surface area contributed by atoms with Crippen molar-refractivity contribution in [2.45, 2.75) is 38.0 Å². The van der Waals surface area contributed by atoms with Gasteiger partial charge in [0.1, 0.15) is 23.7 Å². The summed E-state index contributed by atoms with van der Waals surface area (Å²) in [6, 6.07) is 19.0. The number of carbonyl (C=O) groups excluding carboxylic acids is 2. The van der Waals surface area contributed by atoms with Crippen molar-refractivity contribution in [3.8, 4) is 11.5 Å². The lowest BCUT2D eigenvalue weighted by Gasteiger charge is -2.34. The Kier molecular flexibility index (Phi) is 11.1. The van der Waals surface area contributed by atoms with Crippen LogP contribution in [-0.4, -0.2) is 71.5 Å². The minimum atomic E-state index is -1.25. The number of phenols is 1. The van der Waals surface area contributed by atoms with E-state index in [1.165, 1.54) is 17.7 Å². The molecule has 1 saturated heterocycles. The second-order valence-electron chi connectivity index (χ2n) is 10.6. The minimum absolute atomic E-state index is 0.00485. The van der Waals surface area contributed by atoms with Crippen LogP contribution in [0.5, 0.6) is 11.5 Å². The van der Waals surface area contributed by atoms with E-state index in [1.54, 1.807) is 37.3 Å². The fourth-order valence-electron chi connectivity index (χ4n) is 4.53. The highest BCUT2D eigenvalue weighted by atomic mass is 35.5. The van der Waals surface area contributed by atoms with Gasteiger partial charge in [-0.05, 0) is 68.8 Å². The van der Waals surface area contributed by atoms with Gasteiger partial charge in [-0.1, -0.05) is 53.5 Å². The number of amides is 1. The van der Waals surface area contributed by atoms with E-state index in [2.05, 4.69) is 15.5 Å². The van der Waals surface area contributed by atoms with Crippen LogP contribution in [0.25, 0.3) is 0 Å². The molecular weight excluding hydrogens is 581 g/mol. The molecule has 1 atom stereocenters. The third-order valence-corrected chi connectivity index (χ3v) is 7.44. The van der Waals surface area contributed by atoms with Gasteiger partial charge >= 0.3 is 5.97 Å². The molecule has 9 nitrogen and oxygen atoms in total. The summed E-state index contributed by atoms with van der Waals surface area (Å²) in [5, 5.41) is 27.8. The number of hydrogen-bond donors (Lipinski definition) is 4. The molecule has 0 unspecified atom stereocenters. The Morgan fingerprint density at radius 2 is 1.74 bits per heavy atom. The summed E-state index contributed by atoms with van der Waals surface area (Å²) in [6.07, 6.45) is 1.89. The van der Waals surface area contributed by atoms with E-state index >= 15 is 0 Å². The predicted octanol–water partition coefficient (Wildman–Crippen LogP) is 4.88. The van der Waals surface area contributed by atoms with E-state index in [1.807, 2.05) is 24.3 Å². The maximum Gasteiger partial charge on any atom is 0.338 e. The van der Waals surface area contributed by atoms with Crippen molar-refractivity contribution >= 4 is 40.8 Å². The van der Waals surface area contributed by atoms with Crippen molar-refractivity contribution in [1.29, 1.82) is 0 Å². The maximum absolute atomic E-state index is 12.5. The van der Waals surface area contributed by atoms with Gasteiger partial charge < -0.3 is 30.3 Å². The number of likely N-dealkylation sites (tertiary alicyclic amines) is 1. The first-order chi connectivity index (χ1) is 20.1. The van der Waals surface area contributed by atoms with E-state index < -0.39 is 24.1 Å². The molecule has 1 heterocycles. The lowest BCUT2D eigenvalue weighted by molar-refractivity contribution is -0.119. The third-order valence-electron chi connectivity index (χ3n) is 6.88. The molecule has 0 aliphatic carbocycles. The number of phenolic OH excluding ortho intramolecular Hbond substituents is 1. The molecule has 1 aliphatic rings. The molecule has 3 aromatic carbocycles. The summed E-state index contributed by atoms with van der Waals surface area (Å²) in [6.45, 7) is 4.02. The summed E-state index contributed by atoms with van der Waals surface area (Å²) in [4.78, 5) is 27.0. The Morgan fingerprint density at radius 3 is 2.43 bits per heavy atom. The molecule has 1 fully saturated rings. The smallest absolute Gasteiger partial charge is 0.338 e. The zero-order valence-corrected chi connectivity index (χ0v) is 24.8. The number of hydrogen-bond acceptors (Lipinski definition) is 8. The third kappa shape index (κ3) is 9.61. The molecule has 1 amide bonds. The van der Waals surface area contributed by atoms with E-state index in [-0.39, 0.29) is 41.4 Å². The highest BCUT2D eigenvalue weighted by Crippen LogP contribution is 2.36. The fraction of sp³-hybridized carbons (Fsp3) is 0.355. The molecule has 0 radical (unpaired) electrons. The molecule has 0 spiro atoms. The van der Waals surface area contributed by atoms with E-state index in [9.17, 15) is 19.8 Å². The van der Waals surface area contributed by atoms with Crippen LogP contribution < -0.4 is 15.4 Å². The molecule has 4 rings (SSSR count). The average Bonchev–Trinajstić information content (AvgIpc) is 2.98. The largest absolute Gasteiger partial charge is 0.506 e. The summed E-state index contributed by atoms with van der Waals surface area (Å²) in [7, 11) is 0. The van der Waals surface area contributed by atoms with Crippen LogP contribution in [0.4, 0.5) is 5.69 Å². The first-order valence-corrected chi connectivity index (χ1v) is 14.4. The zero-order chi connectivity index (χ0) is 30.1. The van der Waals surface area contributed by atoms with Crippen LogP contribution in [-0.2, 0) is 16.1 Å². The van der Waals surface area contributed by atoms with Crippen LogP contribution in [0.3, 0.4) is 0 Å². The summed E-state index contributed by atoms with van der Waals surface area (Å²) < 4.78 is 10.9. The van der Waals surface area contributed by atoms with E-state index in [0.29, 0.717) is 5.56 Å². The molecule has 0 aromatic heterocycles. The van der Waals surface area contributed by atoms with Crippen LogP contribution in [0.2, 0.25) is 10.0 Å². The quantitative estimate of drug-likeness (QED) is 0.168. The first-order valence-electron chi connectivity index (χ1n) is 13.7. The van der Waals surface area contributed by atoms with Crippen LogP contribution in [0.1, 0.15) is 35.7 Å². The van der Waals surface area contributed by atoms with Crippen molar-refractivity contribution in [1.82, 2.24) is 10.2 Å². The van der Waals surface area contributed by atoms with E-state index in [4.69, 9.17) is 32.7 Å². The second kappa shape index (κ2) is 14.7. The van der Waals surface area contributed by atoms with Gasteiger partial charge in [-0.3, -0.25) is 9.69 Å². The molecular formula is C31H35Cl2N3O6. The zero-order valence-electron chi connectivity index (χ0n) is 23.3. The number of carbonyl (C=O) groups is 2. The Hall–Kier alpha value is -3.34. The average molecular weight is 617 g/mol. The van der Waals surface area contributed by atoms with Crippen LogP contribution >= 0.6 is 23.2 Å². The maximum atomic E-state index is 12.5. The Morgan fingerprint density at radius 1 is 1.05 bits per heavy atom. The van der Waals surface area contributed by atoms with Crippen molar-refractivity contribution in [3.63, 3.8) is 0 Å². The molecule has 42 heavy (non-hydrogen) atoms. The van der Waals surface area contributed by atoms with Crippen molar-refractivity contribution in [2.75, 3.05) is 38.2 Å². The molecule has 224 valence electrons. The molecule has 1 aliphatic heterocycles. The highest BCUT2D eigenvalue weighted by Gasteiger charge is 2.26. The minimum Gasteiger partial charge on any atom is -0.506 e. The van der Waals surface area contributed by atoms with Crippen LogP contribution in [0.15, 0.2) is 66.7 Å². The van der Waals surface area contributed by atoms with Crippen molar-refractivity contribution in [2.24, 2.45) is 0 Å². The Bertz CT molecular complexity index is 1350. The van der Waals surface area contributed by atoms with Gasteiger partial charge in [-0.25, -0.2) is 4.79 Å². The summed E-state index contributed by atoms with van der Waals surface area (Å²) in [5.41, 5.74) is 0.460. The van der Waals surface area contributed by atoms with Crippen molar-refractivity contribution < 1.29 is 29.3 Å². The van der Waals surface area contributed by atoms with Crippen molar-refractivity contribution in [3.05, 3.63) is 87.9 Å². The number of ether oxygens (including phenoxy) is 2. The topological polar surface area (TPSA) is 120 Å². The SMILES string of the molecule is C[C@](O)(CNC1CCN(Cc2ccc(Cl)cc2)CC1)COc1cc(O)c(Cl)cc1NC(=O)COC(=O)c1ccccc1. The Balaban J connectivity index is 1.24. The van der Waals surface area contributed by atoms with Gasteiger partial charge in [0, 0.05) is 30.2 Å². The monoisotopic (exact) mass is 615 g/mol. The lowest BCUT2D eigenvalue weighted by Crippen LogP contribution is -2.49. The molecule has 0 saturated carbocycles. The first kappa shape index (κ1) is 31.6. The molecule has 11 heteroatoms. The van der Waals surface area contributed by atoms with Gasteiger partial charge in [0.15, 0.2) is 6.61 Å². The van der Waals surface area contributed by atoms with Gasteiger partial charge in [0.05, 0.1) is 16.3 Å². The van der Waals surface area contributed by atoms with Gasteiger partial charge in [-0.15, -0.1) is 0 Å². The summed E-state index contributed by atoms with van der Waals surface area (Å²) >= 11 is 12.0. The number of rotatable bonds is 12. The number of piperidine rings is 1. The van der Waals surface area contributed by atoms with Gasteiger partial charge in [0.2, 0.25) is 0 Å². The standard InChI is InChI=1S/C31H35Cl2N3O6/c1-31(40,19-34-24-11-13-36(14-12-24)17-21-7-9-23(32)10-8-21)20-42-28-16-27(37)25(33)15-26(28)35-29(38)18-41-30(39)22-5-3-2-4-6-22/h2-10,15-16,24,34,37,40H,11-14,17-20H2,1H3,(H,35,38)/t31-/m0/s1. The number of benzene rings is 3. The molecule has 0 bridgehead atoms. The lowest BCUT2D eigenvalue weighted by atomic mass is 10.0. The number of aromatic hydroxyl groups is 1. The number of aliphatic hydroxyl groups is 1. The van der Waals surface area contributed by atoms with Gasteiger partial charge in [-0.2, -0.15) is 0 Å². The van der Waals surface area contributed by atoms with Gasteiger partial charge in [0.25, 0.3) is 5.91 Å². The number of nitrogens with zero attached hydrogens (tertiary/aromatic N) is 1. The van der Waals surface area contributed by atoms with E-state index in [0.717, 1.165) is 37.5 Å². The predicted molar refractivity (Wildman–Crippen MR) is 162 cm³/mol. The fourth-order valence-corrected chi connectivity index (χ4v) is 4.82. The second-order valence-corrected chi connectivity index (χ2v) is 11.5. The summed E-state index contributed by atoms with van der Waals surface area (Å²) in [5.74, 6) is -1.40. The molecule has 4 N–H and O–H groups in total. The van der Waals surface area contributed by atoms with Crippen LogP contribution in [0, 0.1) is 0 Å².